The standard InChI is InChI=1S/C17H14FN5O2.C6H8N2/c18-16-6-13(3-4-15(16)12-2-1-5-19-7-12)23-9-14(25-17(23)24)8-22-10-20-21-11-22;7-1-4-5-2-8-3-6(4)5/h1-7,10-11,14H,8-9H2;4-6,8H,2-3H2/t;4?,5-,6+. The van der Waals surface area contributed by atoms with E-state index in [0.717, 1.165) is 24.9 Å². The van der Waals surface area contributed by atoms with Crippen molar-refractivity contribution in [2.75, 3.05) is 24.5 Å². The summed E-state index contributed by atoms with van der Waals surface area (Å²) in [7, 11) is 0. The van der Waals surface area contributed by atoms with Gasteiger partial charge in [0, 0.05) is 23.5 Å². The van der Waals surface area contributed by atoms with Gasteiger partial charge in [0.05, 0.1) is 30.8 Å². The lowest BCUT2D eigenvalue weighted by Crippen LogP contribution is -2.25. The summed E-state index contributed by atoms with van der Waals surface area (Å²) < 4.78 is 21.6. The quantitative estimate of drug-likeness (QED) is 0.654. The van der Waals surface area contributed by atoms with E-state index in [2.05, 4.69) is 26.6 Å². The number of amides is 1. The van der Waals surface area contributed by atoms with Gasteiger partial charge in [-0.05, 0) is 49.2 Å². The Hall–Kier alpha value is -3.84. The number of benzene rings is 1. The molecule has 33 heavy (non-hydrogen) atoms. The minimum absolute atomic E-state index is 0.336. The minimum atomic E-state index is -0.494. The predicted molar refractivity (Wildman–Crippen MR) is 116 cm³/mol. The monoisotopic (exact) mass is 447 g/mol. The Morgan fingerprint density at radius 1 is 1.21 bits per heavy atom. The van der Waals surface area contributed by atoms with Crippen LogP contribution in [-0.4, -0.2) is 51.6 Å². The van der Waals surface area contributed by atoms with Crippen LogP contribution in [0.25, 0.3) is 11.1 Å². The molecule has 3 aliphatic rings. The molecule has 10 heteroatoms. The summed E-state index contributed by atoms with van der Waals surface area (Å²) in [6.07, 6.45) is 5.50. The fourth-order valence-corrected chi connectivity index (χ4v) is 4.42. The Kier molecular flexibility index (Phi) is 5.71. The number of carbonyl (C=O) groups excluding carboxylic acids is 1. The SMILES string of the molecule is N#CC1[C@H]2CNC[C@@H]12.O=C1OC(Cn2cnnc2)CN1c1ccc(-c2cccnc2)c(F)c1. The van der Waals surface area contributed by atoms with Gasteiger partial charge in [0.2, 0.25) is 0 Å². The molecular formula is C23H22FN7O2. The maximum Gasteiger partial charge on any atom is 0.414 e. The highest BCUT2D eigenvalue weighted by Gasteiger charge is 2.53. The zero-order chi connectivity index (χ0) is 22.8. The number of piperidine rings is 1. The van der Waals surface area contributed by atoms with Crippen molar-refractivity contribution in [3.8, 4) is 17.2 Å². The smallest absolute Gasteiger partial charge is 0.414 e. The molecule has 0 bridgehead atoms. The highest BCUT2D eigenvalue weighted by molar-refractivity contribution is 5.90. The van der Waals surface area contributed by atoms with Gasteiger partial charge in [0.1, 0.15) is 24.6 Å². The van der Waals surface area contributed by atoms with Crippen LogP contribution in [0.3, 0.4) is 0 Å². The zero-order valence-electron chi connectivity index (χ0n) is 17.7. The number of hydrogen-bond donors (Lipinski definition) is 1. The molecule has 1 amide bonds. The van der Waals surface area contributed by atoms with Crippen LogP contribution in [0.2, 0.25) is 0 Å². The second kappa shape index (κ2) is 8.96. The lowest BCUT2D eigenvalue weighted by atomic mass is 10.1. The van der Waals surface area contributed by atoms with Crippen molar-refractivity contribution in [3.63, 3.8) is 0 Å². The molecule has 6 rings (SSSR count). The first-order chi connectivity index (χ1) is 16.1. The van der Waals surface area contributed by atoms with Crippen molar-refractivity contribution < 1.29 is 13.9 Å². The van der Waals surface area contributed by atoms with Crippen LogP contribution in [0.15, 0.2) is 55.4 Å². The van der Waals surface area contributed by atoms with Gasteiger partial charge in [-0.3, -0.25) is 9.88 Å². The molecule has 3 fully saturated rings. The topological polar surface area (TPSA) is 109 Å². The predicted octanol–water partition coefficient (Wildman–Crippen LogP) is 2.48. The van der Waals surface area contributed by atoms with E-state index in [0.29, 0.717) is 35.8 Å². The van der Waals surface area contributed by atoms with Gasteiger partial charge >= 0.3 is 6.09 Å². The first-order valence-electron chi connectivity index (χ1n) is 10.7. The van der Waals surface area contributed by atoms with Crippen molar-refractivity contribution in [2.24, 2.45) is 17.8 Å². The number of rotatable bonds is 4. The number of carbonyl (C=O) groups is 1. The molecule has 1 aliphatic carbocycles. The van der Waals surface area contributed by atoms with E-state index < -0.39 is 11.9 Å². The molecule has 0 spiro atoms. The number of hydrogen-bond acceptors (Lipinski definition) is 7. The number of cyclic esters (lactones) is 1. The fraction of sp³-hybridized carbons (Fsp3) is 0.348. The number of ether oxygens (including phenoxy) is 1. The van der Waals surface area contributed by atoms with E-state index in [1.165, 1.54) is 11.0 Å². The van der Waals surface area contributed by atoms with E-state index in [4.69, 9.17) is 10.00 Å². The van der Waals surface area contributed by atoms with Crippen LogP contribution in [0.1, 0.15) is 0 Å². The third kappa shape index (κ3) is 4.40. The first-order valence-corrected chi connectivity index (χ1v) is 10.7. The number of anilines is 1. The van der Waals surface area contributed by atoms with Crippen LogP contribution in [-0.2, 0) is 11.3 Å². The van der Waals surface area contributed by atoms with Gasteiger partial charge in [-0.1, -0.05) is 6.07 Å². The number of nitrogens with zero attached hydrogens (tertiary/aromatic N) is 6. The molecule has 1 aromatic carbocycles. The van der Waals surface area contributed by atoms with Gasteiger partial charge in [0.15, 0.2) is 0 Å². The molecule has 3 aromatic rings. The second-order valence-corrected chi connectivity index (χ2v) is 8.32. The highest BCUT2D eigenvalue weighted by atomic mass is 19.1. The molecule has 1 saturated carbocycles. The Balaban J connectivity index is 0.000000238. The van der Waals surface area contributed by atoms with Crippen LogP contribution < -0.4 is 10.2 Å². The number of nitriles is 1. The maximum absolute atomic E-state index is 14.5. The van der Waals surface area contributed by atoms with E-state index in [9.17, 15) is 9.18 Å². The first kappa shape index (κ1) is 21.0. The molecule has 4 atom stereocenters. The molecule has 2 unspecified atom stereocenters. The second-order valence-electron chi connectivity index (χ2n) is 8.32. The largest absolute Gasteiger partial charge is 0.442 e. The third-order valence-corrected chi connectivity index (χ3v) is 6.23. The van der Waals surface area contributed by atoms with Gasteiger partial charge in [-0.25, -0.2) is 9.18 Å². The fourth-order valence-electron chi connectivity index (χ4n) is 4.42. The minimum Gasteiger partial charge on any atom is -0.442 e. The van der Waals surface area contributed by atoms with Crippen molar-refractivity contribution in [1.82, 2.24) is 25.1 Å². The van der Waals surface area contributed by atoms with Crippen molar-refractivity contribution >= 4 is 11.8 Å². The third-order valence-electron chi connectivity index (χ3n) is 6.23. The normalized spacial score (nSPS) is 25.0. The average Bonchev–Trinajstić information content (AvgIpc) is 3.30. The van der Waals surface area contributed by atoms with E-state index in [-0.39, 0.29) is 6.10 Å². The van der Waals surface area contributed by atoms with E-state index in [1.807, 2.05) is 0 Å². The summed E-state index contributed by atoms with van der Waals surface area (Å²) in [5, 5.41) is 19.1. The zero-order valence-corrected chi connectivity index (χ0v) is 17.7. The van der Waals surface area contributed by atoms with Crippen molar-refractivity contribution in [3.05, 3.63) is 61.2 Å². The van der Waals surface area contributed by atoms with Gasteiger partial charge < -0.3 is 14.6 Å². The van der Waals surface area contributed by atoms with Crippen LogP contribution in [0.4, 0.5) is 14.9 Å². The Labute approximate surface area is 189 Å². The number of aromatic nitrogens is 4. The Morgan fingerprint density at radius 2 is 2.00 bits per heavy atom. The number of nitrogens with one attached hydrogen (secondary N) is 1. The summed E-state index contributed by atoms with van der Waals surface area (Å²) in [6, 6.07) is 10.5. The maximum atomic E-state index is 14.5. The number of halogens is 1. The average molecular weight is 447 g/mol. The molecule has 1 N–H and O–H groups in total. The lowest BCUT2D eigenvalue weighted by molar-refractivity contribution is 0.131. The summed E-state index contributed by atoms with van der Waals surface area (Å²) in [4.78, 5) is 17.5. The van der Waals surface area contributed by atoms with Crippen LogP contribution in [0, 0.1) is 34.9 Å². The summed E-state index contributed by atoms with van der Waals surface area (Å²) >= 11 is 0. The summed E-state index contributed by atoms with van der Waals surface area (Å²) in [6.45, 7) is 2.96. The highest BCUT2D eigenvalue weighted by Crippen LogP contribution is 2.47. The molecular weight excluding hydrogens is 425 g/mol. The summed E-state index contributed by atoms with van der Waals surface area (Å²) in [5.74, 6) is 1.44. The lowest BCUT2D eigenvalue weighted by Gasteiger charge is -2.14. The van der Waals surface area contributed by atoms with Crippen LogP contribution >= 0.6 is 0 Å². The molecule has 2 saturated heterocycles. The Morgan fingerprint density at radius 3 is 2.64 bits per heavy atom. The van der Waals surface area contributed by atoms with Crippen LogP contribution in [0.5, 0.6) is 0 Å². The molecule has 4 heterocycles. The molecule has 0 radical (unpaired) electrons. The number of pyridine rings is 1. The van der Waals surface area contributed by atoms with E-state index >= 15 is 0 Å². The van der Waals surface area contributed by atoms with Gasteiger partial charge in [-0.2, -0.15) is 5.26 Å². The molecule has 9 nitrogen and oxygen atoms in total. The molecule has 2 aromatic heterocycles. The number of fused-ring (bicyclic) bond motifs is 1. The molecule has 2 aliphatic heterocycles. The van der Waals surface area contributed by atoms with E-state index in [1.54, 1.807) is 53.9 Å². The summed E-state index contributed by atoms with van der Waals surface area (Å²) in [5.41, 5.74) is 1.58. The van der Waals surface area contributed by atoms with Crippen molar-refractivity contribution in [1.29, 1.82) is 5.26 Å². The molecule has 168 valence electrons. The van der Waals surface area contributed by atoms with Gasteiger partial charge in [0.25, 0.3) is 0 Å². The van der Waals surface area contributed by atoms with Crippen molar-refractivity contribution in [2.45, 2.75) is 12.6 Å². The Bertz CT molecular complexity index is 1160. The van der Waals surface area contributed by atoms with Gasteiger partial charge in [-0.15, -0.1) is 10.2 Å².